The summed E-state index contributed by atoms with van der Waals surface area (Å²) in [5.74, 6) is 1.54. The fourth-order valence-electron chi connectivity index (χ4n) is 3.17. The number of hydrogen-bond donors (Lipinski definition) is 1. The van der Waals surface area contributed by atoms with Gasteiger partial charge >= 0.3 is 6.18 Å². The number of piperazine rings is 1. The lowest BCUT2D eigenvalue weighted by molar-refractivity contribution is -0.142. The first kappa shape index (κ1) is 23.2. The third kappa shape index (κ3) is 5.97. The summed E-state index contributed by atoms with van der Waals surface area (Å²) in [6.45, 7) is 5.45. The zero-order valence-corrected chi connectivity index (χ0v) is 18.7. The van der Waals surface area contributed by atoms with Crippen molar-refractivity contribution in [2.75, 3.05) is 37.6 Å². The van der Waals surface area contributed by atoms with Crippen LogP contribution in [0.1, 0.15) is 18.2 Å². The summed E-state index contributed by atoms with van der Waals surface area (Å²) < 4.78 is 40.6. The standard InChI is InChI=1S/C18H24F3N7.HI/c1-3-22-17(24-12-14-13-26(2)25-16(14)18(19,20)21)28-10-8-27(9-11-28)15-6-4-5-7-23-15;/h4-7,13H,3,8-12H2,1-2H3,(H,22,24);1H. The number of anilines is 1. The van der Waals surface area contributed by atoms with Crippen molar-refractivity contribution < 1.29 is 13.2 Å². The maximum atomic E-state index is 13.1. The average molecular weight is 523 g/mol. The Morgan fingerprint density at radius 2 is 1.93 bits per heavy atom. The maximum Gasteiger partial charge on any atom is 0.435 e. The molecule has 1 N–H and O–H groups in total. The number of nitrogens with zero attached hydrogens (tertiary/aromatic N) is 6. The summed E-state index contributed by atoms with van der Waals surface area (Å²) in [6, 6.07) is 5.80. The minimum absolute atomic E-state index is 0. The molecule has 160 valence electrons. The Balaban J connectivity index is 0.00000300. The lowest BCUT2D eigenvalue weighted by Gasteiger charge is -2.37. The number of hydrogen-bond acceptors (Lipinski definition) is 4. The predicted octanol–water partition coefficient (Wildman–Crippen LogP) is 2.74. The second kappa shape index (κ2) is 10.1. The summed E-state index contributed by atoms with van der Waals surface area (Å²) in [4.78, 5) is 13.0. The molecule has 0 aliphatic carbocycles. The van der Waals surface area contributed by atoms with Crippen molar-refractivity contribution in [3.8, 4) is 0 Å². The number of nitrogens with one attached hydrogen (secondary N) is 1. The third-order valence-corrected chi connectivity index (χ3v) is 4.46. The van der Waals surface area contributed by atoms with Crippen LogP contribution >= 0.6 is 24.0 Å². The first-order chi connectivity index (χ1) is 13.4. The van der Waals surface area contributed by atoms with Gasteiger partial charge in [0.25, 0.3) is 0 Å². The van der Waals surface area contributed by atoms with Gasteiger partial charge in [-0.1, -0.05) is 6.07 Å². The van der Waals surface area contributed by atoms with Crippen LogP contribution in [0.4, 0.5) is 19.0 Å². The van der Waals surface area contributed by atoms with Gasteiger partial charge < -0.3 is 15.1 Å². The number of guanidine groups is 1. The molecule has 1 aliphatic heterocycles. The van der Waals surface area contributed by atoms with Gasteiger partial charge in [0.2, 0.25) is 0 Å². The maximum absolute atomic E-state index is 13.1. The van der Waals surface area contributed by atoms with Gasteiger partial charge in [0.15, 0.2) is 11.7 Å². The number of alkyl halides is 3. The van der Waals surface area contributed by atoms with Gasteiger partial charge in [-0.3, -0.25) is 4.68 Å². The molecule has 0 atom stereocenters. The lowest BCUT2D eigenvalue weighted by Crippen LogP contribution is -2.52. The van der Waals surface area contributed by atoms with Crippen molar-refractivity contribution in [1.82, 2.24) is 25.0 Å². The molecule has 0 radical (unpaired) electrons. The van der Waals surface area contributed by atoms with Crippen molar-refractivity contribution in [2.45, 2.75) is 19.6 Å². The van der Waals surface area contributed by atoms with E-state index < -0.39 is 11.9 Å². The number of halogens is 4. The molecule has 3 rings (SSSR count). The largest absolute Gasteiger partial charge is 0.435 e. The monoisotopic (exact) mass is 523 g/mol. The van der Waals surface area contributed by atoms with Gasteiger partial charge in [0.1, 0.15) is 5.82 Å². The Morgan fingerprint density at radius 1 is 1.21 bits per heavy atom. The van der Waals surface area contributed by atoms with E-state index in [1.54, 1.807) is 6.20 Å². The molecular formula is C18H25F3IN7. The summed E-state index contributed by atoms with van der Waals surface area (Å²) in [5.41, 5.74) is -0.813. The van der Waals surface area contributed by atoms with Crippen LogP contribution in [0.15, 0.2) is 35.6 Å². The van der Waals surface area contributed by atoms with E-state index in [1.165, 1.54) is 17.9 Å². The van der Waals surface area contributed by atoms with E-state index in [9.17, 15) is 13.2 Å². The molecule has 1 aliphatic rings. The molecule has 0 unspecified atom stereocenters. The zero-order valence-electron chi connectivity index (χ0n) is 16.4. The minimum Gasteiger partial charge on any atom is -0.357 e. The fourth-order valence-corrected chi connectivity index (χ4v) is 3.17. The molecule has 29 heavy (non-hydrogen) atoms. The van der Waals surface area contributed by atoms with Crippen LogP contribution in [0.25, 0.3) is 0 Å². The van der Waals surface area contributed by atoms with Crippen LogP contribution in [-0.4, -0.2) is 58.3 Å². The molecule has 0 saturated carbocycles. The van der Waals surface area contributed by atoms with E-state index in [2.05, 4.69) is 30.2 Å². The van der Waals surface area contributed by atoms with Gasteiger partial charge in [-0.15, -0.1) is 24.0 Å². The molecule has 0 amide bonds. The third-order valence-electron chi connectivity index (χ3n) is 4.46. The molecule has 1 saturated heterocycles. The Hall–Kier alpha value is -2.05. The van der Waals surface area contributed by atoms with Crippen LogP contribution in [0, 0.1) is 0 Å². The highest BCUT2D eigenvalue weighted by molar-refractivity contribution is 14.0. The number of rotatable bonds is 4. The molecule has 0 aromatic carbocycles. The molecule has 2 aromatic rings. The summed E-state index contributed by atoms with van der Waals surface area (Å²) in [6.07, 6.45) is -1.35. The smallest absolute Gasteiger partial charge is 0.357 e. The molecule has 1 fully saturated rings. The van der Waals surface area contributed by atoms with Gasteiger partial charge in [0.05, 0.1) is 6.54 Å². The second-order valence-corrected chi connectivity index (χ2v) is 6.51. The van der Waals surface area contributed by atoms with Gasteiger partial charge in [-0.05, 0) is 19.1 Å². The van der Waals surface area contributed by atoms with Crippen molar-refractivity contribution in [2.24, 2.45) is 12.0 Å². The Kier molecular flexibility index (Phi) is 8.11. The summed E-state index contributed by atoms with van der Waals surface area (Å²) >= 11 is 0. The average Bonchev–Trinajstić information content (AvgIpc) is 3.07. The molecule has 0 spiro atoms. The van der Waals surface area contributed by atoms with Crippen molar-refractivity contribution in [1.29, 1.82) is 0 Å². The number of aliphatic imine (C=N–C) groups is 1. The normalized spacial score (nSPS) is 15.3. The molecule has 7 nitrogen and oxygen atoms in total. The van der Waals surface area contributed by atoms with E-state index in [0.717, 1.165) is 18.9 Å². The number of pyridine rings is 1. The molecule has 11 heteroatoms. The Bertz CT molecular complexity index is 800. The number of aromatic nitrogens is 3. The van der Waals surface area contributed by atoms with Gasteiger partial charge in [-0.25, -0.2) is 9.98 Å². The van der Waals surface area contributed by atoms with E-state index in [0.29, 0.717) is 25.6 Å². The topological polar surface area (TPSA) is 61.6 Å². The predicted molar refractivity (Wildman–Crippen MR) is 116 cm³/mol. The van der Waals surface area contributed by atoms with Crippen LogP contribution in [0.3, 0.4) is 0 Å². The highest BCUT2D eigenvalue weighted by Crippen LogP contribution is 2.30. The van der Waals surface area contributed by atoms with Crippen molar-refractivity contribution >= 4 is 35.8 Å². The van der Waals surface area contributed by atoms with Crippen LogP contribution in [-0.2, 0) is 19.8 Å². The molecular weight excluding hydrogens is 498 g/mol. The molecule has 3 heterocycles. The zero-order chi connectivity index (χ0) is 20.1. The summed E-state index contributed by atoms with van der Waals surface area (Å²) in [5, 5.41) is 6.71. The first-order valence-electron chi connectivity index (χ1n) is 9.17. The minimum atomic E-state index is -4.49. The lowest BCUT2D eigenvalue weighted by atomic mass is 10.2. The van der Waals surface area contributed by atoms with E-state index in [-0.39, 0.29) is 36.1 Å². The SMILES string of the molecule is CCNC(=NCc1cn(C)nc1C(F)(F)F)N1CCN(c2ccccn2)CC1.I. The Morgan fingerprint density at radius 3 is 2.52 bits per heavy atom. The van der Waals surface area contributed by atoms with Crippen molar-refractivity contribution in [3.05, 3.63) is 41.9 Å². The van der Waals surface area contributed by atoms with Gasteiger partial charge in [0, 0.05) is 57.7 Å². The first-order valence-corrected chi connectivity index (χ1v) is 9.17. The second-order valence-electron chi connectivity index (χ2n) is 6.51. The van der Waals surface area contributed by atoms with E-state index >= 15 is 0 Å². The fraction of sp³-hybridized carbons (Fsp3) is 0.500. The van der Waals surface area contributed by atoms with Crippen LogP contribution in [0.5, 0.6) is 0 Å². The highest BCUT2D eigenvalue weighted by atomic mass is 127. The van der Waals surface area contributed by atoms with Crippen LogP contribution in [0.2, 0.25) is 0 Å². The molecule has 2 aromatic heterocycles. The molecule has 0 bridgehead atoms. The van der Waals surface area contributed by atoms with E-state index in [1.807, 2.05) is 25.1 Å². The van der Waals surface area contributed by atoms with Crippen LogP contribution < -0.4 is 10.2 Å². The number of aryl methyl sites for hydroxylation is 1. The van der Waals surface area contributed by atoms with E-state index in [4.69, 9.17) is 0 Å². The highest BCUT2D eigenvalue weighted by Gasteiger charge is 2.36. The van der Waals surface area contributed by atoms with Gasteiger partial charge in [-0.2, -0.15) is 18.3 Å². The van der Waals surface area contributed by atoms with Crippen molar-refractivity contribution in [3.63, 3.8) is 0 Å². The quantitative estimate of drug-likeness (QED) is 0.380. The summed E-state index contributed by atoms with van der Waals surface area (Å²) in [7, 11) is 1.48. The Labute approximate surface area is 185 Å².